The summed E-state index contributed by atoms with van der Waals surface area (Å²) < 4.78 is 1.07. The molecule has 0 fully saturated rings. The number of halogens is 1. The second-order valence-electron chi connectivity index (χ2n) is 4.60. The molecule has 0 bridgehead atoms. The zero-order chi connectivity index (χ0) is 16.1. The molecule has 0 radical (unpaired) electrons. The third-order valence-corrected chi connectivity index (χ3v) is 5.32. The van der Waals surface area contributed by atoms with Gasteiger partial charge in [0.25, 0.3) is 5.91 Å². The van der Waals surface area contributed by atoms with Crippen LogP contribution in [0, 0.1) is 0 Å². The highest BCUT2D eigenvalue weighted by Gasteiger charge is 2.08. The Labute approximate surface area is 150 Å². The summed E-state index contributed by atoms with van der Waals surface area (Å²) in [4.78, 5) is 12.6. The standard InChI is InChI=1S/C16H12BrN3OS2/c17-12-5-3-11(4-6-12)10-23-15-8-7-14(19-20-15)18-16(21)13-2-1-9-22-13/h1-9H,10H2,(H,18,19,21). The normalized spacial score (nSPS) is 10.5. The van der Waals surface area contributed by atoms with Crippen molar-refractivity contribution < 1.29 is 4.79 Å². The molecule has 3 rings (SSSR count). The van der Waals surface area contributed by atoms with Crippen LogP contribution >= 0.6 is 39.0 Å². The summed E-state index contributed by atoms with van der Waals surface area (Å²) in [6, 6.07) is 15.4. The fraction of sp³-hybridized carbons (Fsp3) is 0.0625. The van der Waals surface area contributed by atoms with E-state index in [1.54, 1.807) is 23.9 Å². The number of thiophene rings is 1. The summed E-state index contributed by atoms with van der Waals surface area (Å²) >= 11 is 6.42. The number of rotatable bonds is 5. The predicted molar refractivity (Wildman–Crippen MR) is 98.0 cm³/mol. The molecule has 0 unspecified atom stereocenters. The zero-order valence-corrected chi connectivity index (χ0v) is 15.1. The molecule has 0 aliphatic heterocycles. The number of carbonyl (C=O) groups excluding carboxylic acids is 1. The smallest absolute Gasteiger partial charge is 0.266 e. The molecular weight excluding hydrogens is 394 g/mol. The van der Waals surface area contributed by atoms with Gasteiger partial charge in [0, 0.05) is 10.2 Å². The Balaban J connectivity index is 1.56. The van der Waals surface area contributed by atoms with E-state index < -0.39 is 0 Å². The van der Waals surface area contributed by atoms with Crippen LogP contribution in [-0.2, 0) is 5.75 Å². The van der Waals surface area contributed by atoms with Crippen LogP contribution < -0.4 is 5.32 Å². The second kappa shape index (κ2) is 7.72. The van der Waals surface area contributed by atoms with Crippen LogP contribution in [0.2, 0.25) is 0 Å². The molecule has 0 saturated carbocycles. The van der Waals surface area contributed by atoms with Gasteiger partial charge < -0.3 is 5.32 Å². The molecule has 0 aliphatic carbocycles. The van der Waals surface area contributed by atoms with Crippen molar-refractivity contribution in [3.05, 3.63) is 68.8 Å². The Morgan fingerprint density at radius 1 is 1.13 bits per heavy atom. The minimum absolute atomic E-state index is 0.162. The van der Waals surface area contributed by atoms with Crippen LogP contribution in [0.1, 0.15) is 15.2 Å². The Bertz CT molecular complexity index is 774. The van der Waals surface area contributed by atoms with E-state index in [-0.39, 0.29) is 5.91 Å². The van der Waals surface area contributed by atoms with Crippen molar-refractivity contribution in [2.45, 2.75) is 10.8 Å². The van der Waals surface area contributed by atoms with Crippen LogP contribution in [0.4, 0.5) is 5.82 Å². The second-order valence-corrected chi connectivity index (χ2v) is 7.46. The van der Waals surface area contributed by atoms with Gasteiger partial charge >= 0.3 is 0 Å². The summed E-state index contributed by atoms with van der Waals surface area (Å²) in [5, 5.41) is 13.6. The lowest BCUT2D eigenvalue weighted by atomic mass is 10.2. The van der Waals surface area contributed by atoms with Crippen LogP contribution in [0.25, 0.3) is 0 Å². The Morgan fingerprint density at radius 2 is 1.96 bits per heavy atom. The molecule has 2 heterocycles. The van der Waals surface area contributed by atoms with Crippen LogP contribution in [0.15, 0.2) is 63.4 Å². The number of carbonyl (C=O) groups is 1. The number of nitrogens with zero attached hydrogens (tertiary/aromatic N) is 2. The van der Waals surface area contributed by atoms with Crippen molar-refractivity contribution in [1.29, 1.82) is 0 Å². The number of hydrogen-bond donors (Lipinski definition) is 1. The molecule has 1 aromatic carbocycles. The molecule has 4 nitrogen and oxygen atoms in total. The van der Waals surface area contributed by atoms with E-state index in [1.165, 1.54) is 16.9 Å². The summed E-state index contributed by atoms with van der Waals surface area (Å²) in [6.45, 7) is 0. The van der Waals surface area contributed by atoms with Gasteiger partial charge in [0.05, 0.1) is 4.88 Å². The van der Waals surface area contributed by atoms with Crippen molar-refractivity contribution in [3.8, 4) is 0 Å². The largest absolute Gasteiger partial charge is 0.304 e. The zero-order valence-electron chi connectivity index (χ0n) is 11.9. The first-order chi connectivity index (χ1) is 11.2. The summed E-state index contributed by atoms with van der Waals surface area (Å²) in [5.41, 5.74) is 1.22. The van der Waals surface area contributed by atoms with E-state index in [9.17, 15) is 4.79 Å². The monoisotopic (exact) mass is 405 g/mol. The number of nitrogens with one attached hydrogen (secondary N) is 1. The van der Waals surface area contributed by atoms with E-state index >= 15 is 0 Å². The van der Waals surface area contributed by atoms with Crippen molar-refractivity contribution in [3.63, 3.8) is 0 Å². The molecule has 116 valence electrons. The maximum Gasteiger partial charge on any atom is 0.266 e. The quantitative estimate of drug-likeness (QED) is 0.616. The number of amides is 1. The van der Waals surface area contributed by atoms with Crippen molar-refractivity contribution in [2.75, 3.05) is 5.32 Å². The third kappa shape index (κ3) is 4.63. The first kappa shape index (κ1) is 16.2. The molecule has 1 N–H and O–H groups in total. The molecular formula is C16H12BrN3OS2. The van der Waals surface area contributed by atoms with Gasteiger partial charge in [-0.25, -0.2) is 0 Å². The van der Waals surface area contributed by atoms with Gasteiger partial charge in [0.15, 0.2) is 5.82 Å². The van der Waals surface area contributed by atoms with E-state index in [0.717, 1.165) is 15.3 Å². The van der Waals surface area contributed by atoms with Gasteiger partial charge in [0.1, 0.15) is 5.03 Å². The van der Waals surface area contributed by atoms with Gasteiger partial charge in [-0.05, 0) is 41.3 Å². The molecule has 0 saturated heterocycles. The minimum atomic E-state index is -0.162. The fourth-order valence-corrected chi connectivity index (χ4v) is 3.44. The Kier molecular flexibility index (Phi) is 5.43. The highest BCUT2D eigenvalue weighted by atomic mass is 79.9. The number of aromatic nitrogens is 2. The first-order valence-electron chi connectivity index (χ1n) is 6.76. The van der Waals surface area contributed by atoms with Crippen molar-refractivity contribution in [1.82, 2.24) is 10.2 Å². The maximum atomic E-state index is 11.9. The average molecular weight is 406 g/mol. The number of benzene rings is 1. The minimum Gasteiger partial charge on any atom is -0.304 e. The number of anilines is 1. The lowest BCUT2D eigenvalue weighted by Crippen LogP contribution is -2.11. The highest BCUT2D eigenvalue weighted by Crippen LogP contribution is 2.22. The molecule has 1 amide bonds. The summed E-state index contributed by atoms with van der Waals surface area (Å²) in [6.07, 6.45) is 0. The van der Waals surface area contributed by atoms with E-state index in [0.29, 0.717) is 10.7 Å². The molecule has 0 atom stereocenters. The van der Waals surface area contributed by atoms with E-state index in [4.69, 9.17) is 0 Å². The summed E-state index contributed by atoms with van der Waals surface area (Å²) in [7, 11) is 0. The third-order valence-electron chi connectivity index (χ3n) is 2.93. The van der Waals surface area contributed by atoms with Gasteiger partial charge in [-0.3, -0.25) is 4.79 Å². The van der Waals surface area contributed by atoms with Crippen LogP contribution in [-0.4, -0.2) is 16.1 Å². The van der Waals surface area contributed by atoms with Crippen molar-refractivity contribution >= 4 is 50.8 Å². The van der Waals surface area contributed by atoms with E-state index in [1.807, 2.05) is 29.6 Å². The molecule has 2 aromatic heterocycles. The van der Waals surface area contributed by atoms with E-state index in [2.05, 4.69) is 43.6 Å². The number of thioether (sulfide) groups is 1. The topological polar surface area (TPSA) is 54.9 Å². The van der Waals surface area contributed by atoms with Gasteiger partial charge in [-0.15, -0.1) is 21.5 Å². The van der Waals surface area contributed by atoms with Gasteiger partial charge in [-0.2, -0.15) is 0 Å². The van der Waals surface area contributed by atoms with Crippen LogP contribution in [0.3, 0.4) is 0 Å². The average Bonchev–Trinajstić information content (AvgIpc) is 3.10. The first-order valence-corrected chi connectivity index (χ1v) is 9.42. The molecule has 0 spiro atoms. The molecule has 3 aromatic rings. The van der Waals surface area contributed by atoms with Gasteiger partial charge in [-0.1, -0.05) is 45.9 Å². The fourth-order valence-electron chi connectivity index (χ4n) is 1.79. The van der Waals surface area contributed by atoms with Crippen LogP contribution in [0.5, 0.6) is 0 Å². The molecule has 23 heavy (non-hydrogen) atoms. The molecule has 7 heteroatoms. The maximum absolute atomic E-state index is 11.9. The predicted octanol–water partition coefficient (Wildman–Crippen LogP) is 4.85. The SMILES string of the molecule is O=C(Nc1ccc(SCc2ccc(Br)cc2)nn1)c1cccs1. The molecule has 0 aliphatic rings. The van der Waals surface area contributed by atoms with Crippen molar-refractivity contribution in [2.24, 2.45) is 0 Å². The number of hydrogen-bond acceptors (Lipinski definition) is 5. The summed E-state index contributed by atoms with van der Waals surface area (Å²) in [5.74, 6) is 1.11. The lowest BCUT2D eigenvalue weighted by molar-refractivity contribution is 0.103. The highest BCUT2D eigenvalue weighted by molar-refractivity contribution is 9.10. The Hall–Kier alpha value is -1.70. The lowest BCUT2D eigenvalue weighted by Gasteiger charge is -2.04. The Morgan fingerprint density at radius 3 is 2.61 bits per heavy atom. The van der Waals surface area contributed by atoms with Gasteiger partial charge in [0.2, 0.25) is 0 Å².